The molecule has 17 nitrogen and oxygen atoms in total. The first-order valence-corrected chi connectivity index (χ1v) is 25.3. The van der Waals surface area contributed by atoms with Crippen molar-refractivity contribution in [3.8, 4) is 0 Å². The monoisotopic (exact) mass is 972 g/mol. The van der Waals surface area contributed by atoms with Crippen LogP contribution < -0.4 is 11.1 Å². The quantitative estimate of drug-likeness (QED) is 0.0466. The number of ether oxygens (including phenoxy) is 2. The Kier molecular flexibility index (Phi) is 28.1. The van der Waals surface area contributed by atoms with Gasteiger partial charge in [0, 0.05) is 62.6 Å². The number of hydrogen-bond acceptors (Lipinski definition) is 15. The summed E-state index contributed by atoms with van der Waals surface area (Å²) >= 11 is 0. The lowest BCUT2D eigenvalue weighted by Gasteiger charge is -2.45. The SMILES string of the molecule is CN=C(N)NCCC/C=C/CCC[C@H](C)C[C@H](C)[C@H]1OC(=O)/C=C/[C@@H](C)[C@H](O)C[C@H](O)[C@H](C)[C@@H](O)CC[C@H](C)[C@H](O)C[C@@]2(O)O[C@H](C[C@H](O)C[C@@H](O)C[C@H](O)[C@@H](C)[C@H](O)/C=C/[C@H]1C)C[C@@H](O)[C@@H]2O. The normalized spacial score (nSPS) is 40.7. The summed E-state index contributed by atoms with van der Waals surface area (Å²) in [6, 6.07) is 0. The molecule has 20 atom stereocenters. The number of aliphatic hydroxyl groups is 11. The van der Waals surface area contributed by atoms with Gasteiger partial charge in [0.25, 0.3) is 0 Å². The van der Waals surface area contributed by atoms with Crippen LogP contribution in [0, 0.1) is 41.4 Å². The van der Waals surface area contributed by atoms with E-state index in [1.807, 2.05) is 13.8 Å². The van der Waals surface area contributed by atoms with Crippen LogP contribution in [0.1, 0.15) is 138 Å². The molecule has 1 saturated heterocycles. The first kappa shape index (κ1) is 61.6. The van der Waals surface area contributed by atoms with Crippen molar-refractivity contribution in [2.75, 3.05) is 13.6 Å². The standard InChI is InChI=1S/C51H93N3O14/c1-30(15-13-11-9-10-12-14-22-54-50(52)53-8)23-34(5)48-33(4)17-20-41(58)35(6)43(60)26-38(56)24-37(55)25-39-27-45(62)49(65)51(66,68-39)29-46(63)32(3)16-19-40(57)36(7)44(61)28-42(59)31(2)18-21-47(64)67-48/h9-10,17-18,20-21,30-46,48-49,55-63,65-66H,11-16,19,22-29H2,1-8H3,(H3,52,53,54)/b10-9+,20-17+,21-18+/t30-,31+,32-,33+,34-,35-,36+,37+,38+,39+,40-,41+,42+,43-,44-,45+,46+,48-,49-,51+/m0/s1. The number of cyclic esters (lactones) is 1. The molecule has 2 rings (SSSR count). The molecule has 0 spiro atoms. The number of aliphatic hydroxyl groups excluding tert-OH is 10. The van der Waals surface area contributed by atoms with Crippen LogP contribution in [0.25, 0.3) is 0 Å². The highest BCUT2D eigenvalue weighted by molar-refractivity contribution is 5.82. The van der Waals surface area contributed by atoms with E-state index in [4.69, 9.17) is 15.2 Å². The average molecular weight is 972 g/mol. The van der Waals surface area contributed by atoms with Crippen molar-refractivity contribution < 1.29 is 70.4 Å². The molecule has 2 bridgehead atoms. The highest BCUT2D eigenvalue weighted by atomic mass is 16.7. The molecule has 0 saturated carbocycles. The van der Waals surface area contributed by atoms with Crippen molar-refractivity contribution in [3.05, 3.63) is 36.5 Å². The van der Waals surface area contributed by atoms with Crippen LogP contribution in [0.3, 0.4) is 0 Å². The minimum Gasteiger partial charge on any atom is -0.458 e. The number of aliphatic imine (C=N–C) groups is 1. The fourth-order valence-electron chi connectivity index (χ4n) is 9.34. The molecular weight excluding hydrogens is 879 g/mol. The second-order valence-electron chi connectivity index (χ2n) is 20.6. The van der Waals surface area contributed by atoms with Crippen molar-refractivity contribution in [2.24, 2.45) is 52.2 Å². The molecule has 0 radical (unpaired) electrons. The van der Waals surface area contributed by atoms with E-state index in [1.165, 1.54) is 12.2 Å². The second kappa shape index (κ2) is 31.0. The molecule has 0 unspecified atom stereocenters. The predicted octanol–water partition coefficient (Wildman–Crippen LogP) is 2.73. The highest BCUT2D eigenvalue weighted by Crippen LogP contribution is 2.36. The average Bonchev–Trinajstić information content (AvgIpc) is 3.27. The van der Waals surface area contributed by atoms with Gasteiger partial charge in [-0.1, -0.05) is 85.3 Å². The van der Waals surface area contributed by atoms with Crippen LogP contribution in [0.4, 0.5) is 0 Å². The van der Waals surface area contributed by atoms with Gasteiger partial charge in [-0.15, -0.1) is 0 Å². The summed E-state index contributed by atoms with van der Waals surface area (Å²) < 4.78 is 11.9. The first-order chi connectivity index (χ1) is 31.9. The zero-order chi connectivity index (χ0) is 51.3. The molecule has 0 aliphatic carbocycles. The molecule has 2 aliphatic heterocycles. The number of hydrogen-bond donors (Lipinski definition) is 13. The summed E-state index contributed by atoms with van der Waals surface area (Å²) in [5.41, 5.74) is 5.67. The molecular formula is C51H93N3O14. The van der Waals surface area contributed by atoms with Gasteiger partial charge < -0.3 is 76.7 Å². The number of esters is 1. The smallest absolute Gasteiger partial charge is 0.330 e. The van der Waals surface area contributed by atoms with Gasteiger partial charge in [-0.25, -0.2) is 4.79 Å². The number of carbonyl (C=O) groups is 1. The van der Waals surface area contributed by atoms with Gasteiger partial charge in [0.1, 0.15) is 12.2 Å². The Balaban J connectivity index is 2.28. The molecule has 0 aromatic heterocycles. The van der Waals surface area contributed by atoms with Crippen LogP contribution in [-0.4, -0.2) is 161 Å². The van der Waals surface area contributed by atoms with E-state index in [2.05, 4.69) is 29.4 Å². The van der Waals surface area contributed by atoms with Gasteiger partial charge >= 0.3 is 5.97 Å². The molecule has 2 heterocycles. The highest BCUT2D eigenvalue weighted by Gasteiger charge is 2.50. The van der Waals surface area contributed by atoms with Gasteiger partial charge in [-0.2, -0.15) is 0 Å². The number of allylic oxidation sites excluding steroid dienone is 2. The molecule has 17 heteroatoms. The maximum absolute atomic E-state index is 13.4. The third-order valence-electron chi connectivity index (χ3n) is 14.4. The molecule has 0 aromatic rings. The van der Waals surface area contributed by atoms with E-state index in [9.17, 15) is 61.0 Å². The lowest BCUT2D eigenvalue weighted by molar-refractivity contribution is -0.333. The number of carbonyl (C=O) groups excluding carboxylic acids is 1. The molecule has 396 valence electrons. The van der Waals surface area contributed by atoms with Crippen LogP contribution in [0.5, 0.6) is 0 Å². The zero-order valence-electron chi connectivity index (χ0n) is 42.2. The Bertz CT molecular complexity index is 1540. The lowest BCUT2D eigenvalue weighted by atomic mass is 9.83. The summed E-state index contributed by atoms with van der Waals surface area (Å²) in [6.07, 6.45) is 1.10. The molecule has 0 amide bonds. The van der Waals surface area contributed by atoms with Gasteiger partial charge in [0.05, 0.1) is 61.0 Å². The maximum atomic E-state index is 13.4. The number of nitrogens with one attached hydrogen (secondary N) is 1. The Morgan fingerprint density at radius 3 is 2.06 bits per heavy atom. The summed E-state index contributed by atoms with van der Waals surface area (Å²) in [5, 5.41) is 124. The number of unbranched alkanes of at least 4 members (excludes halogenated alkanes) is 2. The molecule has 2 aliphatic rings. The number of rotatable bonds is 11. The van der Waals surface area contributed by atoms with Gasteiger partial charge in [-0.3, -0.25) is 4.99 Å². The fraction of sp³-hybridized carbons (Fsp3) is 0.843. The Morgan fingerprint density at radius 2 is 1.40 bits per heavy atom. The molecule has 14 N–H and O–H groups in total. The van der Waals surface area contributed by atoms with E-state index >= 15 is 0 Å². The van der Waals surface area contributed by atoms with Crippen LogP contribution >= 0.6 is 0 Å². The van der Waals surface area contributed by atoms with Gasteiger partial charge in [0.2, 0.25) is 0 Å². The summed E-state index contributed by atoms with van der Waals surface area (Å²) in [5.74, 6) is -5.26. The topological polar surface area (TPSA) is 308 Å². The number of nitrogens with zero attached hydrogens (tertiary/aromatic N) is 1. The van der Waals surface area contributed by atoms with Crippen LogP contribution in [-0.2, 0) is 14.3 Å². The Hall–Kier alpha value is -2.52. The fourth-order valence-corrected chi connectivity index (χ4v) is 9.34. The third kappa shape index (κ3) is 21.9. The number of fused-ring (bicyclic) bond motifs is 2. The van der Waals surface area contributed by atoms with Gasteiger partial charge in [0.15, 0.2) is 11.7 Å². The largest absolute Gasteiger partial charge is 0.458 e. The third-order valence-corrected chi connectivity index (χ3v) is 14.4. The summed E-state index contributed by atoms with van der Waals surface area (Å²) in [4.78, 5) is 17.3. The maximum Gasteiger partial charge on any atom is 0.330 e. The van der Waals surface area contributed by atoms with E-state index in [0.717, 1.165) is 45.1 Å². The first-order valence-electron chi connectivity index (χ1n) is 25.3. The minimum absolute atomic E-state index is 0.0944. The van der Waals surface area contributed by atoms with Crippen molar-refractivity contribution in [2.45, 2.75) is 217 Å². The lowest BCUT2D eigenvalue weighted by Crippen LogP contribution is -2.59. The van der Waals surface area contributed by atoms with Crippen molar-refractivity contribution >= 4 is 11.9 Å². The van der Waals surface area contributed by atoms with Crippen molar-refractivity contribution in [1.29, 1.82) is 0 Å². The molecule has 68 heavy (non-hydrogen) atoms. The summed E-state index contributed by atoms with van der Waals surface area (Å²) in [6.45, 7) is 13.5. The molecule has 0 aromatic carbocycles. The minimum atomic E-state index is -2.38. The van der Waals surface area contributed by atoms with E-state index in [1.54, 1.807) is 46.9 Å². The number of guanidine groups is 1. The Labute approximate surface area is 406 Å². The van der Waals surface area contributed by atoms with E-state index < -0.39 is 115 Å². The number of nitrogens with two attached hydrogens (primary N) is 1. The predicted molar refractivity (Wildman–Crippen MR) is 262 cm³/mol. The van der Waals surface area contributed by atoms with E-state index in [0.29, 0.717) is 11.9 Å². The van der Waals surface area contributed by atoms with Gasteiger partial charge in [-0.05, 0) is 82.0 Å². The Morgan fingerprint density at radius 1 is 0.765 bits per heavy atom. The van der Waals surface area contributed by atoms with E-state index in [-0.39, 0.29) is 56.8 Å². The van der Waals surface area contributed by atoms with Crippen molar-refractivity contribution in [3.63, 3.8) is 0 Å². The van der Waals surface area contributed by atoms with Crippen LogP contribution in [0.15, 0.2) is 41.4 Å². The zero-order valence-corrected chi connectivity index (χ0v) is 42.2. The molecule has 1 fully saturated rings. The van der Waals surface area contributed by atoms with Crippen LogP contribution in [0.2, 0.25) is 0 Å². The summed E-state index contributed by atoms with van der Waals surface area (Å²) in [7, 11) is 1.64. The second-order valence-corrected chi connectivity index (χ2v) is 20.6. The van der Waals surface area contributed by atoms with Crippen molar-refractivity contribution in [1.82, 2.24) is 5.32 Å².